The average molecular weight is 688 g/mol. The summed E-state index contributed by atoms with van der Waals surface area (Å²) >= 11 is 0. The van der Waals surface area contributed by atoms with Gasteiger partial charge in [0.05, 0.1) is 48.3 Å². The second kappa shape index (κ2) is 23.0. The van der Waals surface area contributed by atoms with E-state index in [4.69, 9.17) is 40.6 Å². The normalized spacial score (nSPS) is 19.4. The van der Waals surface area contributed by atoms with Crippen LogP contribution in [0.1, 0.15) is 144 Å². The summed E-state index contributed by atoms with van der Waals surface area (Å²) in [5, 5.41) is 0. The maximum absolute atomic E-state index is 4.94. The van der Waals surface area contributed by atoms with Crippen LogP contribution in [0.2, 0.25) is 0 Å². The Morgan fingerprint density at radius 2 is 0.595 bits per heavy atom. The van der Waals surface area contributed by atoms with E-state index < -0.39 is 23.5 Å². The summed E-state index contributed by atoms with van der Waals surface area (Å²) in [6.45, 7) is 14.6. The van der Waals surface area contributed by atoms with E-state index in [2.05, 4.69) is 41.5 Å². The number of hydrogen-bond donors (Lipinski definition) is 0. The molecule has 1 aliphatic rings. The monoisotopic (exact) mass is 685 g/mol. The summed E-state index contributed by atoms with van der Waals surface area (Å²) in [6, 6.07) is 0. The number of rotatable bonds is 20. The third-order valence-corrected chi connectivity index (χ3v) is 20.3. The molecule has 0 saturated heterocycles. The van der Waals surface area contributed by atoms with Crippen molar-refractivity contribution in [3.8, 4) is 0 Å². The zero-order valence-corrected chi connectivity index (χ0v) is 31.3. The molecule has 0 aromatic heterocycles. The molecule has 0 bridgehead atoms. The van der Waals surface area contributed by atoms with Gasteiger partial charge >= 0.3 is 49.6 Å². The first-order valence-corrected chi connectivity index (χ1v) is 26.4. The van der Waals surface area contributed by atoms with E-state index in [9.17, 15) is 0 Å². The Kier molecular flexibility index (Phi) is 24.6. The van der Waals surface area contributed by atoms with Gasteiger partial charge in [-0.3, -0.25) is 0 Å². The molecule has 7 heteroatoms. The van der Waals surface area contributed by atoms with Gasteiger partial charge in [0.1, 0.15) is 0 Å². The Morgan fingerprint density at radius 3 is 0.730 bits per heavy atom. The molecule has 0 heterocycles. The van der Waals surface area contributed by atoms with Crippen LogP contribution in [-0.4, -0.2) is 48.3 Å². The topological polar surface area (TPSA) is 0 Å². The van der Waals surface area contributed by atoms with Crippen LogP contribution in [0, 0.1) is 0 Å². The van der Waals surface area contributed by atoms with Gasteiger partial charge in [-0.15, -0.1) is 0 Å². The van der Waals surface area contributed by atoms with Crippen molar-refractivity contribution >= 4 is 55.1 Å². The Bertz CT molecular complexity index is 433. The summed E-state index contributed by atoms with van der Waals surface area (Å²) in [5.74, 6) is 0. The molecule has 0 nitrogen and oxygen atoms in total. The average Bonchev–Trinajstić information content (AvgIpc) is 2.87. The first-order valence-electron chi connectivity index (χ1n) is 15.8. The molecule has 1 aliphatic carbocycles. The molecule has 0 amide bonds. The molecule has 0 spiro atoms. The minimum absolute atomic E-state index is 0.751. The molecular formula is C30H64Cl4CoP2. The van der Waals surface area contributed by atoms with Crippen LogP contribution in [0.4, 0.5) is 0 Å². The van der Waals surface area contributed by atoms with E-state index >= 15 is 0 Å². The minimum atomic E-state index is -2.49. The molecule has 1 rings (SSSR count). The zero-order valence-electron chi connectivity index (χ0n) is 25.5. The molecular weight excluding hydrogens is 623 g/mol. The molecule has 0 N–H and O–H groups in total. The van der Waals surface area contributed by atoms with Gasteiger partial charge in [0.15, 0.2) is 0 Å². The molecule has 1 fully saturated rings. The second-order valence-corrected chi connectivity index (χ2v) is 31.0. The first-order chi connectivity index (χ1) is 17.6. The number of halogens is 4. The van der Waals surface area contributed by atoms with Crippen LogP contribution in [0.3, 0.4) is 0 Å². The SMILES string of the molecule is CCCC[P+](CCCC)(CCCC)C1CCC([P+](CCCC)(CCCC)CCCC)CC1.[Cl][Co-2]([Cl])([Cl])[Cl]. The predicted octanol–water partition coefficient (Wildman–Crippen LogP) is 13.9. The fraction of sp³-hybridized carbons (Fsp3) is 1.00. The second-order valence-electron chi connectivity index (χ2n) is 11.6. The number of hydrogen-bond acceptors (Lipinski definition) is 0. The van der Waals surface area contributed by atoms with E-state index in [1.165, 1.54) is 77.0 Å². The third-order valence-electron chi connectivity index (χ3n) is 8.96. The Morgan fingerprint density at radius 1 is 0.432 bits per heavy atom. The van der Waals surface area contributed by atoms with Crippen LogP contribution >= 0.6 is 55.1 Å². The third kappa shape index (κ3) is 17.3. The summed E-state index contributed by atoms with van der Waals surface area (Å²) < 4.78 is 0. The van der Waals surface area contributed by atoms with Crippen LogP contribution < -0.4 is 0 Å². The van der Waals surface area contributed by atoms with Crippen LogP contribution in [0.25, 0.3) is 0 Å². The molecule has 0 unspecified atom stereocenters. The maximum atomic E-state index is 4.94. The van der Waals surface area contributed by atoms with E-state index in [-0.39, 0.29) is 0 Å². The fourth-order valence-electron chi connectivity index (χ4n) is 6.76. The fourth-order valence-corrected chi connectivity index (χ4v) is 18.8. The van der Waals surface area contributed by atoms with E-state index in [0.29, 0.717) is 0 Å². The quantitative estimate of drug-likeness (QED) is 0.112. The molecule has 0 radical (unpaired) electrons. The molecule has 37 heavy (non-hydrogen) atoms. The van der Waals surface area contributed by atoms with Crippen molar-refractivity contribution in [2.75, 3.05) is 37.0 Å². The van der Waals surface area contributed by atoms with Crippen LogP contribution in [-0.2, 0) is 9.01 Å². The molecule has 0 atom stereocenters. The van der Waals surface area contributed by atoms with E-state index in [1.54, 1.807) is 62.7 Å². The summed E-state index contributed by atoms with van der Waals surface area (Å²) in [4.78, 5) is 0. The molecule has 231 valence electrons. The summed E-state index contributed by atoms with van der Waals surface area (Å²) in [5.41, 5.74) is 2.29. The standard InChI is InChI=1S/C30H64P2.4ClH.Co/c1-7-13-23-31(24-14-8-2,25-15-9-3)29-19-21-30(22-20-29)32(26-16-10-4,27-17-11-5)28-18-12-6;;;;;/h29-30H,7-28H2,1-6H3;4*1H;/q+2;;;;;+2/p-4. The van der Waals surface area contributed by atoms with Crippen LogP contribution in [0.5, 0.6) is 0 Å². The number of unbranched alkanes of at least 4 members (excludes halogenated alkanes) is 6. The molecule has 0 aromatic rings. The van der Waals surface area contributed by atoms with Crippen molar-refractivity contribution in [2.24, 2.45) is 0 Å². The van der Waals surface area contributed by atoms with Gasteiger partial charge in [-0.1, -0.05) is 80.1 Å². The van der Waals surface area contributed by atoms with Gasteiger partial charge in [0.25, 0.3) is 0 Å². The zero-order chi connectivity index (χ0) is 28.2. The van der Waals surface area contributed by atoms with Crippen molar-refractivity contribution in [1.82, 2.24) is 0 Å². The first kappa shape index (κ1) is 39.5. The van der Waals surface area contributed by atoms with E-state index in [1.807, 2.05) is 0 Å². The summed E-state index contributed by atoms with van der Waals surface area (Å²) in [7, 11) is 15.8. The predicted molar refractivity (Wildman–Crippen MR) is 182 cm³/mol. The Labute approximate surface area is 255 Å². The van der Waals surface area contributed by atoms with E-state index in [0.717, 1.165) is 11.3 Å². The van der Waals surface area contributed by atoms with Crippen molar-refractivity contribution in [2.45, 2.75) is 156 Å². The molecule has 0 aliphatic heterocycles. The van der Waals surface area contributed by atoms with Gasteiger partial charge in [-0.2, -0.15) is 0 Å². The van der Waals surface area contributed by atoms with Gasteiger partial charge in [0, 0.05) is 14.5 Å². The molecule has 1 saturated carbocycles. The van der Waals surface area contributed by atoms with Gasteiger partial charge < -0.3 is 0 Å². The van der Waals surface area contributed by atoms with Gasteiger partial charge in [-0.25, -0.2) is 0 Å². The molecule has 0 aromatic carbocycles. The van der Waals surface area contributed by atoms with Crippen LogP contribution in [0.15, 0.2) is 0 Å². The van der Waals surface area contributed by atoms with Crippen molar-refractivity contribution < 1.29 is 9.01 Å². The Balaban J connectivity index is 0.00000235. The summed E-state index contributed by atoms with van der Waals surface area (Å²) in [6.07, 6.45) is 33.9. The van der Waals surface area contributed by atoms with Crippen molar-refractivity contribution in [1.29, 1.82) is 0 Å². The van der Waals surface area contributed by atoms with Gasteiger partial charge in [0.2, 0.25) is 0 Å². The van der Waals surface area contributed by atoms with Crippen molar-refractivity contribution in [3.63, 3.8) is 0 Å². The Hall–Kier alpha value is 2.53. The van der Waals surface area contributed by atoms with Crippen molar-refractivity contribution in [3.05, 3.63) is 0 Å². The van der Waals surface area contributed by atoms with Gasteiger partial charge in [-0.05, 0) is 64.2 Å².